The van der Waals surface area contributed by atoms with Crippen LogP contribution < -0.4 is 5.32 Å². The second-order valence-electron chi connectivity index (χ2n) is 4.55. The number of rotatable bonds is 5. The lowest BCUT2D eigenvalue weighted by Gasteiger charge is -2.40. The number of hydrogen-bond donors (Lipinski definition) is 1. The van der Waals surface area contributed by atoms with Crippen molar-refractivity contribution >= 4 is 5.78 Å². The van der Waals surface area contributed by atoms with E-state index < -0.39 is 0 Å². The van der Waals surface area contributed by atoms with Crippen LogP contribution in [0.2, 0.25) is 0 Å². The number of ketones is 1. The van der Waals surface area contributed by atoms with Gasteiger partial charge in [0, 0.05) is 32.6 Å². The minimum absolute atomic E-state index is 0.314. The van der Waals surface area contributed by atoms with E-state index in [1.807, 2.05) is 19.9 Å². The highest BCUT2D eigenvalue weighted by atomic mass is 16.1. The summed E-state index contributed by atoms with van der Waals surface area (Å²) in [7, 11) is 0. The lowest BCUT2D eigenvalue weighted by molar-refractivity contribution is -0.129. The third-order valence-electron chi connectivity index (χ3n) is 3.17. The van der Waals surface area contributed by atoms with Crippen molar-refractivity contribution in [2.24, 2.45) is 0 Å². The zero-order valence-corrected chi connectivity index (χ0v) is 9.88. The monoisotopic (exact) mass is 210 g/mol. The first-order chi connectivity index (χ1) is 7.09. The summed E-state index contributed by atoms with van der Waals surface area (Å²) in [5.74, 6) is 0.323. The molecular weight excluding hydrogens is 188 g/mol. The highest BCUT2D eigenvalue weighted by Crippen LogP contribution is 2.18. The molecule has 0 saturated carbocycles. The predicted molar refractivity (Wildman–Crippen MR) is 63.0 cm³/mol. The fourth-order valence-electron chi connectivity index (χ4n) is 1.94. The molecule has 1 N–H and O–H groups in total. The number of carbonyl (C=O) groups excluding carboxylic acids is 1. The quantitative estimate of drug-likeness (QED) is 0.692. The Labute approximate surface area is 92.5 Å². The molecule has 15 heavy (non-hydrogen) atoms. The third-order valence-corrected chi connectivity index (χ3v) is 3.17. The van der Waals surface area contributed by atoms with E-state index in [0.717, 1.165) is 32.6 Å². The summed E-state index contributed by atoms with van der Waals surface area (Å²) in [5, 5.41) is 3.30. The number of nitrogens with zero attached hydrogens (tertiary/aromatic N) is 1. The van der Waals surface area contributed by atoms with E-state index in [4.69, 9.17) is 0 Å². The Balaban J connectivity index is 2.54. The van der Waals surface area contributed by atoms with E-state index in [0.29, 0.717) is 12.2 Å². The van der Waals surface area contributed by atoms with E-state index in [1.165, 1.54) is 0 Å². The summed E-state index contributed by atoms with van der Waals surface area (Å²) < 4.78 is 0. The standard InChI is InChI=1S/C12H22N2O/c1-4-5-6-11(15)12(2,3)14-9-7-13-8-10-14/h4,13H,1,5-10H2,2-3H3. The van der Waals surface area contributed by atoms with Crippen LogP contribution in [-0.4, -0.2) is 42.4 Å². The van der Waals surface area contributed by atoms with Crippen molar-refractivity contribution in [3.05, 3.63) is 12.7 Å². The van der Waals surface area contributed by atoms with Gasteiger partial charge in [0.25, 0.3) is 0 Å². The highest BCUT2D eigenvalue weighted by Gasteiger charge is 2.33. The maximum atomic E-state index is 12.0. The molecule has 3 heteroatoms. The van der Waals surface area contributed by atoms with Gasteiger partial charge in [-0.1, -0.05) is 6.08 Å². The Hall–Kier alpha value is -0.670. The molecule has 1 aliphatic heterocycles. The minimum Gasteiger partial charge on any atom is -0.314 e. The molecule has 0 radical (unpaired) electrons. The molecule has 3 nitrogen and oxygen atoms in total. The maximum Gasteiger partial charge on any atom is 0.152 e. The second kappa shape index (κ2) is 5.42. The van der Waals surface area contributed by atoms with Crippen molar-refractivity contribution < 1.29 is 4.79 Å². The van der Waals surface area contributed by atoms with Gasteiger partial charge in [0.15, 0.2) is 5.78 Å². The van der Waals surface area contributed by atoms with Gasteiger partial charge in [0.2, 0.25) is 0 Å². The largest absolute Gasteiger partial charge is 0.314 e. The Morgan fingerprint density at radius 1 is 1.47 bits per heavy atom. The second-order valence-corrected chi connectivity index (χ2v) is 4.55. The lowest BCUT2D eigenvalue weighted by Crippen LogP contribution is -2.56. The number of hydrogen-bond acceptors (Lipinski definition) is 3. The third kappa shape index (κ3) is 3.14. The molecule has 0 aromatic rings. The number of nitrogens with one attached hydrogen (secondary N) is 1. The van der Waals surface area contributed by atoms with Gasteiger partial charge in [0.05, 0.1) is 5.54 Å². The van der Waals surface area contributed by atoms with Crippen molar-refractivity contribution in [3.63, 3.8) is 0 Å². The summed E-state index contributed by atoms with van der Waals surface area (Å²) in [6, 6.07) is 0. The molecule has 1 fully saturated rings. The fraction of sp³-hybridized carbons (Fsp3) is 0.750. The van der Waals surface area contributed by atoms with E-state index in [1.54, 1.807) is 0 Å². The SMILES string of the molecule is C=CCCC(=O)C(C)(C)N1CCNCC1. The van der Waals surface area contributed by atoms with Crippen molar-refractivity contribution in [1.29, 1.82) is 0 Å². The van der Waals surface area contributed by atoms with Crippen LogP contribution in [0.3, 0.4) is 0 Å². The number of carbonyl (C=O) groups is 1. The normalized spacial score (nSPS) is 18.8. The van der Waals surface area contributed by atoms with Gasteiger partial charge >= 0.3 is 0 Å². The molecule has 1 aliphatic rings. The average Bonchev–Trinajstić information content (AvgIpc) is 2.27. The number of piperazine rings is 1. The smallest absolute Gasteiger partial charge is 0.152 e. The first-order valence-electron chi connectivity index (χ1n) is 5.69. The molecule has 0 spiro atoms. The molecule has 1 saturated heterocycles. The molecule has 0 aliphatic carbocycles. The zero-order chi connectivity index (χ0) is 11.3. The van der Waals surface area contributed by atoms with Crippen LogP contribution in [0.25, 0.3) is 0 Å². The Bertz CT molecular complexity index is 230. The van der Waals surface area contributed by atoms with Gasteiger partial charge in [-0.25, -0.2) is 0 Å². The van der Waals surface area contributed by atoms with Crippen LogP contribution in [0.4, 0.5) is 0 Å². The molecule has 0 bridgehead atoms. The first-order valence-corrected chi connectivity index (χ1v) is 5.69. The molecule has 0 atom stereocenters. The molecule has 0 unspecified atom stereocenters. The Morgan fingerprint density at radius 2 is 2.07 bits per heavy atom. The minimum atomic E-state index is -0.314. The summed E-state index contributed by atoms with van der Waals surface area (Å²) in [5.41, 5.74) is -0.314. The fourth-order valence-corrected chi connectivity index (χ4v) is 1.94. The molecular formula is C12H22N2O. The van der Waals surface area contributed by atoms with Crippen LogP contribution in [0.5, 0.6) is 0 Å². The van der Waals surface area contributed by atoms with Crippen molar-refractivity contribution in [1.82, 2.24) is 10.2 Å². The molecule has 0 aromatic carbocycles. The number of Topliss-reactive ketones (excluding diaryl/α,β-unsaturated/α-hetero) is 1. The van der Waals surface area contributed by atoms with Gasteiger partial charge in [-0.2, -0.15) is 0 Å². The van der Waals surface area contributed by atoms with Crippen LogP contribution in [0.1, 0.15) is 26.7 Å². The number of allylic oxidation sites excluding steroid dienone is 1. The van der Waals surface area contributed by atoms with Crippen LogP contribution in [-0.2, 0) is 4.79 Å². The van der Waals surface area contributed by atoms with Gasteiger partial charge in [0.1, 0.15) is 0 Å². The maximum absolute atomic E-state index is 12.0. The van der Waals surface area contributed by atoms with E-state index in [9.17, 15) is 4.79 Å². The molecule has 1 heterocycles. The molecule has 0 amide bonds. The first kappa shape index (κ1) is 12.4. The molecule has 1 rings (SSSR count). The van der Waals surface area contributed by atoms with Crippen LogP contribution in [0.15, 0.2) is 12.7 Å². The lowest BCUT2D eigenvalue weighted by atomic mass is 9.92. The van der Waals surface area contributed by atoms with Crippen molar-refractivity contribution in [3.8, 4) is 0 Å². The van der Waals surface area contributed by atoms with Gasteiger partial charge in [-0.15, -0.1) is 6.58 Å². The molecule has 86 valence electrons. The zero-order valence-electron chi connectivity index (χ0n) is 9.88. The van der Waals surface area contributed by atoms with E-state index >= 15 is 0 Å². The van der Waals surface area contributed by atoms with Gasteiger partial charge < -0.3 is 5.32 Å². The summed E-state index contributed by atoms with van der Waals surface area (Å²) in [4.78, 5) is 14.3. The Morgan fingerprint density at radius 3 is 2.60 bits per heavy atom. The average molecular weight is 210 g/mol. The molecule has 0 aromatic heterocycles. The van der Waals surface area contributed by atoms with Gasteiger partial charge in [-0.3, -0.25) is 9.69 Å². The van der Waals surface area contributed by atoms with Crippen LogP contribution >= 0.6 is 0 Å². The summed E-state index contributed by atoms with van der Waals surface area (Å²) >= 11 is 0. The Kier molecular flexibility index (Phi) is 4.48. The van der Waals surface area contributed by atoms with Crippen LogP contribution in [0, 0.1) is 0 Å². The topological polar surface area (TPSA) is 32.3 Å². The van der Waals surface area contributed by atoms with Crippen molar-refractivity contribution in [2.75, 3.05) is 26.2 Å². The predicted octanol–water partition coefficient (Wildman–Crippen LogP) is 1.21. The van der Waals surface area contributed by atoms with Crippen molar-refractivity contribution in [2.45, 2.75) is 32.2 Å². The summed E-state index contributed by atoms with van der Waals surface area (Å²) in [6.45, 7) is 11.6. The van der Waals surface area contributed by atoms with E-state index in [2.05, 4.69) is 16.8 Å². The highest BCUT2D eigenvalue weighted by molar-refractivity contribution is 5.87. The summed E-state index contributed by atoms with van der Waals surface area (Å²) in [6.07, 6.45) is 3.21. The van der Waals surface area contributed by atoms with E-state index in [-0.39, 0.29) is 5.54 Å². The van der Waals surface area contributed by atoms with Gasteiger partial charge in [-0.05, 0) is 20.3 Å².